The lowest BCUT2D eigenvalue weighted by Gasteiger charge is -2.19. The molecule has 160 valence electrons. The van der Waals surface area contributed by atoms with Crippen LogP contribution >= 0.6 is 24.0 Å². The Morgan fingerprint density at radius 3 is 2.25 bits per heavy atom. The number of rotatable bonds is 8. The van der Waals surface area contributed by atoms with Crippen LogP contribution in [0.3, 0.4) is 0 Å². The van der Waals surface area contributed by atoms with E-state index in [0.717, 1.165) is 44.1 Å². The fraction of sp³-hybridized carbons (Fsp3) is 0.600. The first-order valence-corrected chi connectivity index (χ1v) is 9.38. The normalized spacial score (nSPS) is 11.6. The van der Waals surface area contributed by atoms with Crippen molar-refractivity contribution in [2.45, 2.75) is 39.2 Å². The largest absolute Gasteiger partial charge is 0.444 e. The number of anilines is 1. The molecule has 1 rings (SSSR count). The molecule has 0 aliphatic rings. The first kappa shape index (κ1) is 26.4. The number of guanidine groups is 1. The molecule has 0 heterocycles. The minimum absolute atomic E-state index is 0. The standard InChI is InChI=1S/C20H35N5O2.HI/c1-20(2,3)27-19(26)24-17-10-8-16(9-11-17)12-14-23-18(21-4)22-13-7-15-25(5)6;/h8-11H,7,12-15H2,1-6H3,(H,24,26)(H2,21,22,23);1H. The summed E-state index contributed by atoms with van der Waals surface area (Å²) in [6.45, 7) is 8.25. The van der Waals surface area contributed by atoms with E-state index in [1.54, 1.807) is 7.05 Å². The summed E-state index contributed by atoms with van der Waals surface area (Å²) >= 11 is 0. The number of ether oxygens (including phenoxy) is 1. The summed E-state index contributed by atoms with van der Waals surface area (Å²) in [7, 11) is 5.92. The van der Waals surface area contributed by atoms with Crippen molar-refractivity contribution in [3.05, 3.63) is 29.8 Å². The van der Waals surface area contributed by atoms with Crippen LogP contribution in [0.1, 0.15) is 32.8 Å². The van der Waals surface area contributed by atoms with Crippen molar-refractivity contribution in [2.75, 3.05) is 46.1 Å². The van der Waals surface area contributed by atoms with E-state index >= 15 is 0 Å². The molecule has 0 fully saturated rings. The predicted molar refractivity (Wildman–Crippen MR) is 128 cm³/mol. The van der Waals surface area contributed by atoms with Gasteiger partial charge in [0.15, 0.2) is 5.96 Å². The van der Waals surface area contributed by atoms with Gasteiger partial charge in [0.05, 0.1) is 0 Å². The third kappa shape index (κ3) is 12.8. The zero-order valence-electron chi connectivity index (χ0n) is 18.0. The van der Waals surface area contributed by atoms with Crippen LogP contribution in [0.5, 0.6) is 0 Å². The van der Waals surface area contributed by atoms with Crippen LogP contribution in [0.4, 0.5) is 10.5 Å². The highest BCUT2D eigenvalue weighted by atomic mass is 127. The van der Waals surface area contributed by atoms with Crippen molar-refractivity contribution < 1.29 is 9.53 Å². The van der Waals surface area contributed by atoms with Gasteiger partial charge in [0, 0.05) is 25.8 Å². The monoisotopic (exact) mass is 505 g/mol. The average Bonchev–Trinajstić information content (AvgIpc) is 2.56. The molecule has 0 radical (unpaired) electrons. The highest BCUT2D eigenvalue weighted by molar-refractivity contribution is 14.0. The molecule has 0 atom stereocenters. The van der Waals surface area contributed by atoms with E-state index in [1.165, 1.54) is 5.56 Å². The number of hydrogen-bond acceptors (Lipinski definition) is 4. The molecule has 0 aliphatic heterocycles. The zero-order chi connectivity index (χ0) is 20.3. The van der Waals surface area contributed by atoms with E-state index < -0.39 is 11.7 Å². The molecule has 0 saturated carbocycles. The van der Waals surface area contributed by atoms with Gasteiger partial charge in [-0.05, 0) is 71.9 Å². The molecule has 0 aliphatic carbocycles. The molecule has 1 amide bonds. The second-order valence-corrected chi connectivity index (χ2v) is 7.66. The molecular formula is C20H36IN5O2. The van der Waals surface area contributed by atoms with Crippen LogP contribution in [0.25, 0.3) is 0 Å². The highest BCUT2D eigenvalue weighted by Crippen LogP contribution is 2.13. The van der Waals surface area contributed by atoms with Gasteiger partial charge < -0.3 is 20.3 Å². The molecule has 0 bridgehead atoms. The Morgan fingerprint density at radius 1 is 1.11 bits per heavy atom. The van der Waals surface area contributed by atoms with Crippen LogP contribution in [-0.2, 0) is 11.2 Å². The van der Waals surface area contributed by atoms with Crippen molar-refractivity contribution in [3.8, 4) is 0 Å². The van der Waals surface area contributed by atoms with Gasteiger partial charge in [-0.15, -0.1) is 24.0 Å². The highest BCUT2D eigenvalue weighted by Gasteiger charge is 2.16. The summed E-state index contributed by atoms with van der Waals surface area (Å²) in [5, 5.41) is 9.36. The Morgan fingerprint density at radius 2 is 1.71 bits per heavy atom. The first-order chi connectivity index (χ1) is 12.7. The molecule has 3 N–H and O–H groups in total. The summed E-state index contributed by atoms with van der Waals surface area (Å²) in [5.41, 5.74) is 1.40. The van der Waals surface area contributed by atoms with Gasteiger partial charge in [-0.2, -0.15) is 0 Å². The molecular weight excluding hydrogens is 469 g/mol. The Bertz CT molecular complexity index is 598. The van der Waals surface area contributed by atoms with Crippen LogP contribution in [0.15, 0.2) is 29.3 Å². The Balaban J connectivity index is 0.00000729. The van der Waals surface area contributed by atoms with E-state index in [2.05, 4.69) is 39.9 Å². The van der Waals surface area contributed by atoms with Crippen molar-refractivity contribution in [2.24, 2.45) is 4.99 Å². The second kappa shape index (κ2) is 13.6. The molecule has 0 unspecified atom stereocenters. The molecule has 1 aromatic rings. The quantitative estimate of drug-likeness (QED) is 0.219. The van der Waals surface area contributed by atoms with Crippen molar-refractivity contribution >= 4 is 41.7 Å². The molecule has 0 saturated heterocycles. The van der Waals surface area contributed by atoms with Crippen LogP contribution in [-0.4, -0.2) is 63.3 Å². The Kier molecular flexibility index (Phi) is 12.8. The van der Waals surface area contributed by atoms with E-state index in [9.17, 15) is 4.79 Å². The number of carbonyl (C=O) groups is 1. The molecule has 8 heteroatoms. The van der Waals surface area contributed by atoms with Gasteiger partial charge in [-0.25, -0.2) is 4.79 Å². The lowest BCUT2D eigenvalue weighted by atomic mass is 10.1. The second-order valence-electron chi connectivity index (χ2n) is 7.66. The van der Waals surface area contributed by atoms with Crippen molar-refractivity contribution in [1.82, 2.24) is 15.5 Å². The maximum absolute atomic E-state index is 11.8. The van der Waals surface area contributed by atoms with Gasteiger partial charge in [0.1, 0.15) is 5.60 Å². The number of halogens is 1. The van der Waals surface area contributed by atoms with Gasteiger partial charge in [-0.3, -0.25) is 10.3 Å². The smallest absolute Gasteiger partial charge is 0.412 e. The SMILES string of the molecule is CN=C(NCCCN(C)C)NCCc1ccc(NC(=O)OC(C)(C)C)cc1.I. The average molecular weight is 505 g/mol. The maximum atomic E-state index is 11.8. The summed E-state index contributed by atoms with van der Waals surface area (Å²) < 4.78 is 5.25. The van der Waals surface area contributed by atoms with Crippen LogP contribution in [0.2, 0.25) is 0 Å². The van der Waals surface area contributed by atoms with Gasteiger partial charge in [0.2, 0.25) is 0 Å². The number of benzene rings is 1. The number of nitrogens with zero attached hydrogens (tertiary/aromatic N) is 2. The van der Waals surface area contributed by atoms with E-state index in [0.29, 0.717) is 0 Å². The number of hydrogen-bond donors (Lipinski definition) is 3. The van der Waals surface area contributed by atoms with Gasteiger partial charge >= 0.3 is 6.09 Å². The van der Waals surface area contributed by atoms with Gasteiger partial charge in [-0.1, -0.05) is 12.1 Å². The fourth-order valence-electron chi connectivity index (χ4n) is 2.32. The molecule has 0 spiro atoms. The maximum Gasteiger partial charge on any atom is 0.412 e. The van der Waals surface area contributed by atoms with E-state index in [-0.39, 0.29) is 24.0 Å². The number of aliphatic imine (C=N–C) groups is 1. The molecule has 1 aromatic carbocycles. The number of nitrogens with one attached hydrogen (secondary N) is 3. The zero-order valence-corrected chi connectivity index (χ0v) is 20.3. The summed E-state index contributed by atoms with van der Waals surface area (Å²) in [6.07, 6.45) is 1.49. The third-order valence-corrected chi connectivity index (χ3v) is 3.60. The van der Waals surface area contributed by atoms with E-state index in [1.807, 2.05) is 45.0 Å². The van der Waals surface area contributed by atoms with Crippen LogP contribution < -0.4 is 16.0 Å². The lowest BCUT2D eigenvalue weighted by molar-refractivity contribution is 0.0636. The minimum atomic E-state index is -0.505. The molecule has 28 heavy (non-hydrogen) atoms. The summed E-state index contributed by atoms with van der Waals surface area (Å²) in [6, 6.07) is 7.77. The number of carbonyl (C=O) groups excluding carboxylic acids is 1. The fourth-order valence-corrected chi connectivity index (χ4v) is 2.32. The molecule has 0 aromatic heterocycles. The summed E-state index contributed by atoms with van der Waals surface area (Å²) in [4.78, 5) is 18.2. The summed E-state index contributed by atoms with van der Waals surface area (Å²) in [5.74, 6) is 0.817. The minimum Gasteiger partial charge on any atom is -0.444 e. The van der Waals surface area contributed by atoms with Crippen molar-refractivity contribution in [1.29, 1.82) is 0 Å². The Hall–Kier alpha value is -1.55. The number of amides is 1. The predicted octanol–water partition coefficient (Wildman–Crippen LogP) is 3.31. The van der Waals surface area contributed by atoms with E-state index in [4.69, 9.17) is 4.74 Å². The lowest BCUT2D eigenvalue weighted by Crippen LogP contribution is -2.39. The third-order valence-electron chi connectivity index (χ3n) is 3.60. The van der Waals surface area contributed by atoms with Crippen molar-refractivity contribution in [3.63, 3.8) is 0 Å². The van der Waals surface area contributed by atoms with Gasteiger partial charge in [0.25, 0.3) is 0 Å². The Labute approximate surface area is 186 Å². The first-order valence-electron chi connectivity index (χ1n) is 9.38. The topological polar surface area (TPSA) is 78.0 Å². The molecule has 7 nitrogen and oxygen atoms in total. The van der Waals surface area contributed by atoms with Crippen LogP contribution in [0, 0.1) is 0 Å².